The van der Waals surface area contributed by atoms with Gasteiger partial charge in [-0.05, 0) is 48.1 Å². The van der Waals surface area contributed by atoms with Crippen LogP contribution in [-0.2, 0) is 16.1 Å². The first kappa shape index (κ1) is 19.4. The first-order chi connectivity index (χ1) is 13.5. The second-order valence-electron chi connectivity index (χ2n) is 8.82. The number of amides is 1. The van der Waals surface area contributed by atoms with Crippen molar-refractivity contribution >= 4 is 16.7 Å². The molecule has 1 spiro atoms. The second-order valence-corrected chi connectivity index (χ2v) is 8.82. The van der Waals surface area contributed by atoms with Crippen LogP contribution in [0.2, 0.25) is 0 Å². The van der Waals surface area contributed by atoms with Crippen molar-refractivity contribution in [2.24, 2.45) is 5.92 Å². The van der Waals surface area contributed by atoms with E-state index in [1.807, 2.05) is 13.8 Å². The van der Waals surface area contributed by atoms with Gasteiger partial charge in [0.25, 0.3) is 0 Å². The largest absolute Gasteiger partial charge is 0.370 e. The van der Waals surface area contributed by atoms with Gasteiger partial charge in [0.1, 0.15) is 0 Å². The molecule has 4 heteroatoms. The molecule has 0 aromatic heterocycles. The van der Waals surface area contributed by atoms with Gasteiger partial charge in [0.15, 0.2) is 0 Å². The molecule has 1 atom stereocenters. The average molecular weight is 381 g/mol. The van der Waals surface area contributed by atoms with Gasteiger partial charge in [0.05, 0.1) is 11.7 Å². The highest BCUT2D eigenvalue weighted by atomic mass is 16.5. The molecule has 2 saturated heterocycles. The van der Waals surface area contributed by atoms with Crippen molar-refractivity contribution in [3.8, 4) is 0 Å². The Morgan fingerprint density at radius 3 is 2.64 bits per heavy atom. The van der Waals surface area contributed by atoms with E-state index in [0.717, 1.165) is 45.3 Å². The van der Waals surface area contributed by atoms with Gasteiger partial charge in [0, 0.05) is 32.1 Å². The van der Waals surface area contributed by atoms with Crippen LogP contribution < -0.4 is 5.32 Å². The highest BCUT2D eigenvalue weighted by Crippen LogP contribution is 2.39. The van der Waals surface area contributed by atoms with Gasteiger partial charge in [-0.2, -0.15) is 0 Å². The van der Waals surface area contributed by atoms with E-state index in [2.05, 4.69) is 52.7 Å². The van der Waals surface area contributed by atoms with Gasteiger partial charge < -0.3 is 10.1 Å². The normalized spacial score (nSPS) is 22.2. The first-order valence-corrected chi connectivity index (χ1v) is 10.7. The predicted molar refractivity (Wildman–Crippen MR) is 113 cm³/mol. The number of ether oxygens (including phenoxy) is 1. The lowest BCUT2D eigenvalue weighted by molar-refractivity contribution is -0.125. The van der Waals surface area contributed by atoms with Crippen molar-refractivity contribution in [3.63, 3.8) is 0 Å². The molecule has 2 heterocycles. The fourth-order valence-corrected chi connectivity index (χ4v) is 4.54. The summed E-state index contributed by atoms with van der Waals surface area (Å²) < 4.78 is 6.43. The van der Waals surface area contributed by atoms with E-state index in [4.69, 9.17) is 4.74 Å². The number of nitrogens with zero attached hydrogens (tertiary/aromatic N) is 1. The number of likely N-dealkylation sites (tertiary alicyclic amines) is 1. The Kier molecular flexibility index (Phi) is 5.70. The molecule has 2 aliphatic heterocycles. The Morgan fingerprint density at radius 2 is 1.89 bits per heavy atom. The van der Waals surface area contributed by atoms with Crippen molar-refractivity contribution in [3.05, 3.63) is 48.0 Å². The smallest absolute Gasteiger partial charge is 0.222 e. The van der Waals surface area contributed by atoms with Crippen molar-refractivity contribution in [1.82, 2.24) is 10.2 Å². The molecule has 0 saturated carbocycles. The standard InChI is InChI=1S/C24H32N2O2/c1-18(2)23(27)25-16-22-9-10-24(28-22)11-13-26(14-12-24)17-19-7-8-20-5-3-4-6-21(20)15-19/h3-8,15,18,22H,9-14,16-17H2,1-2H3,(H,25,27)/t22-/m0/s1. The molecular weight excluding hydrogens is 348 g/mol. The van der Waals surface area contributed by atoms with Gasteiger partial charge in [0.2, 0.25) is 5.91 Å². The number of carbonyl (C=O) groups is 1. The molecular formula is C24H32N2O2. The highest BCUT2D eigenvalue weighted by molar-refractivity contribution is 5.83. The monoisotopic (exact) mass is 380 g/mol. The zero-order valence-electron chi connectivity index (χ0n) is 17.1. The Morgan fingerprint density at radius 1 is 1.14 bits per heavy atom. The summed E-state index contributed by atoms with van der Waals surface area (Å²) in [5.74, 6) is 0.156. The lowest BCUT2D eigenvalue weighted by Gasteiger charge is -2.39. The number of fused-ring (bicyclic) bond motifs is 1. The van der Waals surface area contributed by atoms with E-state index >= 15 is 0 Å². The van der Waals surface area contributed by atoms with E-state index in [1.165, 1.54) is 16.3 Å². The van der Waals surface area contributed by atoms with Crippen LogP contribution in [0.1, 0.15) is 45.1 Å². The van der Waals surface area contributed by atoms with Crippen molar-refractivity contribution in [2.75, 3.05) is 19.6 Å². The third-order valence-corrected chi connectivity index (χ3v) is 6.35. The molecule has 0 bridgehead atoms. The third kappa shape index (κ3) is 4.39. The van der Waals surface area contributed by atoms with Crippen LogP contribution in [0.5, 0.6) is 0 Å². The molecule has 28 heavy (non-hydrogen) atoms. The van der Waals surface area contributed by atoms with Crippen LogP contribution in [0.3, 0.4) is 0 Å². The van der Waals surface area contributed by atoms with Crippen molar-refractivity contribution < 1.29 is 9.53 Å². The lowest BCUT2D eigenvalue weighted by atomic mass is 9.88. The number of nitrogens with one attached hydrogen (secondary N) is 1. The minimum absolute atomic E-state index is 0.0348. The Bertz CT molecular complexity index is 824. The molecule has 0 unspecified atom stereocenters. The van der Waals surface area contributed by atoms with Crippen molar-refractivity contribution in [2.45, 2.75) is 57.8 Å². The molecule has 1 amide bonds. The summed E-state index contributed by atoms with van der Waals surface area (Å²) in [4.78, 5) is 14.3. The van der Waals surface area contributed by atoms with E-state index < -0.39 is 0 Å². The van der Waals surface area contributed by atoms with Crippen LogP contribution in [0, 0.1) is 5.92 Å². The number of benzene rings is 2. The Labute approximate surface area is 168 Å². The maximum atomic E-state index is 11.8. The fraction of sp³-hybridized carbons (Fsp3) is 0.542. The zero-order valence-corrected chi connectivity index (χ0v) is 17.1. The summed E-state index contributed by atoms with van der Waals surface area (Å²) in [6.07, 6.45) is 4.54. The quantitative estimate of drug-likeness (QED) is 0.848. The molecule has 0 radical (unpaired) electrons. The molecule has 2 aromatic carbocycles. The summed E-state index contributed by atoms with van der Waals surface area (Å²) in [5.41, 5.74) is 1.42. The summed E-state index contributed by atoms with van der Waals surface area (Å²) in [6.45, 7) is 7.68. The van der Waals surface area contributed by atoms with E-state index in [1.54, 1.807) is 0 Å². The van der Waals surface area contributed by atoms with Crippen molar-refractivity contribution in [1.29, 1.82) is 0 Å². The number of carbonyl (C=O) groups excluding carboxylic acids is 1. The fourth-order valence-electron chi connectivity index (χ4n) is 4.54. The SMILES string of the molecule is CC(C)C(=O)NC[C@@H]1CCC2(CCN(Cc3ccc4ccccc4c3)CC2)O1. The van der Waals surface area contributed by atoms with E-state index in [9.17, 15) is 4.79 Å². The number of piperidine rings is 1. The zero-order chi connectivity index (χ0) is 19.6. The molecule has 2 aromatic rings. The second kappa shape index (κ2) is 8.22. The van der Waals surface area contributed by atoms with Gasteiger partial charge in [-0.3, -0.25) is 9.69 Å². The topological polar surface area (TPSA) is 41.6 Å². The summed E-state index contributed by atoms with van der Waals surface area (Å²) in [5, 5.41) is 5.65. The minimum Gasteiger partial charge on any atom is -0.370 e. The van der Waals surface area contributed by atoms with Crippen LogP contribution >= 0.6 is 0 Å². The maximum absolute atomic E-state index is 11.8. The molecule has 1 N–H and O–H groups in total. The van der Waals surface area contributed by atoms with Gasteiger partial charge in [-0.25, -0.2) is 0 Å². The van der Waals surface area contributed by atoms with Crippen LogP contribution in [0.4, 0.5) is 0 Å². The first-order valence-electron chi connectivity index (χ1n) is 10.7. The van der Waals surface area contributed by atoms with Crippen LogP contribution in [0.25, 0.3) is 10.8 Å². The van der Waals surface area contributed by atoms with Gasteiger partial charge >= 0.3 is 0 Å². The number of rotatable bonds is 5. The summed E-state index contributed by atoms with van der Waals surface area (Å²) in [6, 6.07) is 15.4. The molecule has 2 aliphatic rings. The minimum atomic E-state index is 0.0348. The van der Waals surface area contributed by atoms with E-state index in [0.29, 0.717) is 6.54 Å². The predicted octanol–water partition coefficient (Wildman–Crippen LogP) is 4.13. The molecule has 4 nitrogen and oxygen atoms in total. The molecule has 2 fully saturated rings. The van der Waals surface area contributed by atoms with Crippen LogP contribution in [-0.4, -0.2) is 42.1 Å². The van der Waals surface area contributed by atoms with Crippen LogP contribution in [0.15, 0.2) is 42.5 Å². The number of hydrogen-bond acceptors (Lipinski definition) is 3. The third-order valence-electron chi connectivity index (χ3n) is 6.35. The lowest BCUT2D eigenvalue weighted by Crippen LogP contribution is -2.45. The molecule has 150 valence electrons. The molecule has 0 aliphatic carbocycles. The summed E-state index contributed by atoms with van der Waals surface area (Å²) >= 11 is 0. The van der Waals surface area contributed by atoms with Gasteiger partial charge in [-0.1, -0.05) is 50.2 Å². The van der Waals surface area contributed by atoms with E-state index in [-0.39, 0.29) is 23.5 Å². The molecule has 4 rings (SSSR count). The maximum Gasteiger partial charge on any atom is 0.222 e. The summed E-state index contributed by atoms with van der Waals surface area (Å²) in [7, 11) is 0. The highest BCUT2D eigenvalue weighted by Gasteiger charge is 2.42. The number of hydrogen-bond donors (Lipinski definition) is 1. The Hall–Kier alpha value is -1.91. The average Bonchev–Trinajstić information content (AvgIpc) is 3.10. The van der Waals surface area contributed by atoms with Gasteiger partial charge in [-0.15, -0.1) is 0 Å². The Balaban J connectivity index is 1.28.